The first-order valence-corrected chi connectivity index (χ1v) is 4.98. The van der Waals surface area contributed by atoms with Gasteiger partial charge in [-0.15, -0.1) is 0 Å². The van der Waals surface area contributed by atoms with Crippen molar-refractivity contribution in [3.05, 3.63) is 0 Å². The number of fused-ring (bicyclic) bond motifs is 1. The van der Waals surface area contributed by atoms with E-state index in [2.05, 4.69) is 5.32 Å². The first-order chi connectivity index (χ1) is 6.74. The lowest BCUT2D eigenvalue weighted by Crippen LogP contribution is -2.52. The van der Waals surface area contributed by atoms with Crippen LogP contribution in [0.25, 0.3) is 0 Å². The van der Waals surface area contributed by atoms with Gasteiger partial charge in [0.05, 0.1) is 6.07 Å². The molecule has 2 aliphatic rings. The number of amides is 2. The molecule has 0 aromatic rings. The summed E-state index contributed by atoms with van der Waals surface area (Å²) in [6, 6.07) is 2.01. The molecule has 0 radical (unpaired) electrons. The third-order valence-corrected chi connectivity index (χ3v) is 3.25. The van der Waals surface area contributed by atoms with Crippen LogP contribution in [0.3, 0.4) is 0 Å². The van der Waals surface area contributed by atoms with Gasteiger partial charge >= 0.3 is 0 Å². The Morgan fingerprint density at radius 1 is 1.21 bits per heavy atom. The van der Waals surface area contributed by atoms with Crippen molar-refractivity contribution in [2.75, 3.05) is 0 Å². The molecule has 1 N–H and O–H groups in total. The van der Waals surface area contributed by atoms with Crippen LogP contribution in [0, 0.1) is 29.1 Å². The van der Waals surface area contributed by atoms with Crippen LogP contribution < -0.4 is 5.32 Å². The molecule has 1 aliphatic heterocycles. The Balaban J connectivity index is 2.25. The summed E-state index contributed by atoms with van der Waals surface area (Å²) >= 11 is 0. The number of hydrogen-bond acceptors (Lipinski definition) is 3. The van der Waals surface area contributed by atoms with Gasteiger partial charge in [0.1, 0.15) is 5.92 Å². The van der Waals surface area contributed by atoms with E-state index >= 15 is 0 Å². The summed E-state index contributed by atoms with van der Waals surface area (Å²) in [6.07, 6.45) is 3.71. The second-order valence-electron chi connectivity index (χ2n) is 4.02. The van der Waals surface area contributed by atoms with Gasteiger partial charge in [0, 0.05) is 5.92 Å². The fourth-order valence-corrected chi connectivity index (χ4v) is 2.52. The summed E-state index contributed by atoms with van der Waals surface area (Å²) in [5, 5.41) is 11.1. The molecule has 1 saturated carbocycles. The number of nitrogens with one attached hydrogen (secondary N) is 1. The molecule has 4 nitrogen and oxygen atoms in total. The van der Waals surface area contributed by atoms with E-state index < -0.39 is 11.8 Å². The summed E-state index contributed by atoms with van der Waals surface area (Å²) in [5.41, 5.74) is 0. The largest absolute Gasteiger partial charge is 0.295 e. The molecule has 0 bridgehead atoms. The van der Waals surface area contributed by atoms with Crippen LogP contribution in [-0.2, 0) is 9.59 Å². The number of rotatable bonds is 0. The molecule has 0 spiro atoms. The van der Waals surface area contributed by atoms with Crippen molar-refractivity contribution in [3.8, 4) is 6.07 Å². The van der Waals surface area contributed by atoms with E-state index in [1.165, 1.54) is 0 Å². The summed E-state index contributed by atoms with van der Waals surface area (Å²) < 4.78 is 0. The number of nitrogens with zero attached hydrogens (tertiary/aromatic N) is 1. The van der Waals surface area contributed by atoms with E-state index in [9.17, 15) is 9.59 Å². The third-order valence-electron chi connectivity index (χ3n) is 3.25. The first kappa shape index (κ1) is 9.20. The van der Waals surface area contributed by atoms with Gasteiger partial charge in [-0.05, 0) is 18.8 Å². The average Bonchev–Trinajstić information content (AvgIpc) is 2.18. The minimum atomic E-state index is -0.613. The number of carbonyl (C=O) groups is 2. The molecule has 74 valence electrons. The molecule has 0 aromatic carbocycles. The Labute approximate surface area is 82.3 Å². The van der Waals surface area contributed by atoms with Crippen molar-refractivity contribution in [2.24, 2.45) is 17.8 Å². The van der Waals surface area contributed by atoms with E-state index in [0.717, 1.165) is 25.7 Å². The maximum Gasteiger partial charge on any atom is 0.244 e. The van der Waals surface area contributed by atoms with Crippen molar-refractivity contribution in [1.29, 1.82) is 5.26 Å². The Morgan fingerprint density at radius 2 is 1.93 bits per heavy atom. The quantitative estimate of drug-likeness (QED) is 0.571. The monoisotopic (exact) mass is 192 g/mol. The van der Waals surface area contributed by atoms with Gasteiger partial charge in [-0.25, -0.2) is 0 Å². The van der Waals surface area contributed by atoms with Gasteiger partial charge < -0.3 is 0 Å². The second-order valence-corrected chi connectivity index (χ2v) is 4.02. The number of carbonyl (C=O) groups excluding carboxylic acids is 2. The minimum absolute atomic E-state index is 0.0324. The molecule has 3 atom stereocenters. The van der Waals surface area contributed by atoms with E-state index in [1.807, 2.05) is 6.07 Å². The highest BCUT2D eigenvalue weighted by molar-refractivity contribution is 6.01. The number of piperidine rings is 1. The van der Waals surface area contributed by atoms with Gasteiger partial charge in [0.15, 0.2) is 0 Å². The topological polar surface area (TPSA) is 70.0 Å². The lowest BCUT2D eigenvalue weighted by Gasteiger charge is -2.36. The molecular weight excluding hydrogens is 180 g/mol. The van der Waals surface area contributed by atoms with Crippen LogP contribution in [0.15, 0.2) is 0 Å². The van der Waals surface area contributed by atoms with E-state index in [-0.39, 0.29) is 17.7 Å². The van der Waals surface area contributed by atoms with Crippen LogP contribution in [-0.4, -0.2) is 11.8 Å². The van der Waals surface area contributed by atoms with Crippen molar-refractivity contribution in [2.45, 2.75) is 25.7 Å². The van der Waals surface area contributed by atoms with Crippen LogP contribution in [0.5, 0.6) is 0 Å². The maximum atomic E-state index is 11.5. The summed E-state index contributed by atoms with van der Waals surface area (Å²) in [7, 11) is 0. The SMILES string of the molecule is N#C[C@@H]1C(=O)NC(=O)[C@H]2CCCC[C@@H]12. The van der Waals surface area contributed by atoms with Crippen molar-refractivity contribution in [1.82, 2.24) is 5.32 Å². The molecule has 1 aliphatic carbocycles. The minimum Gasteiger partial charge on any atom is -0.295 e. The molecule has 2 fully saturated rings. The van der Waals surface area contributed by atoms with E-state index in [0.29, 0.717) is 0 Å². The predicted molar refractivity (Wildman–Crippen MR) is 47.7 cm³/mol. The van der Waals surface area contributed by atoms with Gasteiger partial charge in [-0.1, -0.05) is 12.8 Å². The van der Waals surface area contributed by atoms with Crippen LogP contribution in [0.1, 0.15) is 25.7 Å². The Bertz CT molecular complexity index is 319. The molecule has 14 heavy (non-hydrogen) atoms. The Morgan fingerprint density at radius 3 is 2.64 bits per heavy atom. The zero-order valence-corrected chi connectivity index (χ0v) is 7.82. The van der Waals surface area contributed by atoms with Crippen LogP contribution in [0.2, 0.25) is 0 Å². The zero-order chi connectivity index (χ0) is 10.1. The molecule has 1 heterocycles. The number of nitriles is 1. The number of imide groups is 1. The van der Waals surface area contributed by atoms with Gasteiger partial charge in [0.2, 0.25) is 11.8 Å². The summed E-state index contributed by atoms with van der Waals surface area (Å²) in [5.74, 6) is -1.33. The lowest BCUT2D eigenvalue weighted by atomic mass is 9.70. The molecule has 2 rings (SSSR count). The molecule has 0 aromatic heterocycles. The normalized spacial score (nSPS) is 36.9. The average molecular weight is 192 g/mol. The number of hydrogen-bond donors (Lipinski definition) is 1. The highest BCUT2D eigenvalue weighted by Crippen LogP contribution is 2.37. The van der Waals surface area contributed by atoms with Gasteiger partial charge in [-0.2, -0.15) is 5.26 Å². The Kier molecular flexibility index (Phi) is 2.24. The van der Waals surface area contributed by atoms with Crippen molar-refractivity contribution >= 4 is 11.8 Å². The zero-order valence-electron chi connectivity index (χ0n) is 7.82. The standard InChI is InChI=1S/C10H12N2O2/c11-5-8-6-3-1-2-4-7(6)9(13)12-10(8)14/h6-8H,1-4H2,(H,12,13,14)/t6-,7+,8+/m1/s1. The third kappa shape index (κ3) is 1.29. The van der Waals surface area contributed by atoms with Crippen molar-refractivity contribution in [3.63, 3.8) is 0 Å². The predicted octanol–water partition coefficient (Wildman–Crippen LogP) is 0.589. The second kappa shape index (κ2) is 3.41. The molecule has 2 amide bonds. The van der Waals surface area contributed by atoms with E-state index in [4.69, 9.17) is 5.26 Å². The van der Waals surface area contributed by atoms with Gasteiger partial charge in [0.25, 0.3) is 0 Å². The maximum absolute atomic E-state index is 11.5. The fourth-order valence-electron chi connectivity index (χ4n) is 2.52. The molecular formula is C10H12N2O2. The fraction of sp³-hybridized carbons (Fsp3) is 0.700. The highest BCUT2D eigenvalue weighted by atomic mass is 16.2. The summed E-state index contributed by atoms with van der Waals surface area (Å²) in [4.78, 5) is 22.8. The molecule has 1 saturated heterocycles. The van der Waals surface area contributed by atoms with Crippen LogP contribution in [0.4, 0.5) is 0 Å². The lowest BCUT2D eigenvalue weighted by molar-refractivity contribution is -0.143. The Hall–Kier alpha value is -1.37. The molecule has 0 unspecified atom stereocenters. The van der Waals surface area contributed by atoms with Crippen LogP contribution >= 0.6 is 0 Å². The van der Waals surface area contributed by atoms with E-state index in [1.54, 1.807) is 0 Å². The van der Waals surface area contributed by atoms with Gasteiger partial charge in [-0.3, -0.25) is 14.9 Å². The smallest absolute Gasteiger partial charge is 0.244 e. The molecule has 4 heteroatoms. The van der Waals surface area contributed by atoms with Crippen molar-refractivity contribution < 1.29 is 9.59 Å². The first-order valence-electron chi connectivity index (χ1n) is 4.98. The summed E-state index contributed by atoms with van der Waals surface area (Å²) in [6.45, 7) is 0. The highest BCUT2D eigenvalue weighted by Gasteiger charge is 2.44.